The molecular formula is C13H19NO5. The largest absolute Gasteiger partial charge is 0.487 e. The molecule has 0 bridgehead atoms. The van der Waals surface area contributed by atoms with Gasteiger partial charge < -0.3 is 14.9 Å². The molecule has 6 nitrogen and oxygen atoms in total. The number of hydrogen-bond donors (Lipinski definition) is 2. The first-order chi connectivity index (χ1) is 9.19. The monoisotopic (exact) mass is 269 g/mol. The van der Waals surface area contributed by atoms with E-state index in [0.29, 0.717) is 12.2 Å². The normalized spacial score (nSPS) is 10.4. The highest BCUT2D eigenvalue weighted by molar-refractivity contribution is 5.48. The van der Waals surface area contributed by atoms with Gasteiger partial charge in [0.05, 0.1) is 18.1 Å². The lowest BCUT2D eigenvalue weighted by Crippen LogP contribution is -2.01. The Morgan fingerprint density at radius 1 is 1.16 bits per heavy atom. The van der Waals surface area contributed by atoms with Crippen molar-refractivity contribution in [1.82, 2.24) is 0 Å². The Labute approximate surface area is 111 Å². The van der Waals surface area contributed by atoms with E-state index in [1.54, 1.807) is 6.07 Å². The van der Waals surface area contributed by atoms with Crippen molar-refractivity contribution in [3.63, 3.8) is 0 Å². The van der Waals surface area contributed by atoms with Crippen LogP contribution in [0.25, 0.3) is 0 Å². The molecule has 0 fully saturated rings. The summed E-state index contributed by atoms with van der Waals surface area (Å²) < 4.78 is 5.39. The molecule has 0 atom stereocenters. The molecular weight excluding hydrogens is 250 g/mol. The van der Waals surface area contributed by atoms with E-state index in [9.17, 15) is 10.1 Å². The first-order valence-corrected chi connectivity index (χ1v) is 6.31. The van der Waals surface area contributed by atoms with Crippen molar-refractivity contribution in [3.8, 4) is 5.75 Å². The number of hydrogen-bond acceptors (Lipinski definition) is 5. The van der Waals surface area contributed by atoms with Gasteiger partial charge in [-0.3, -0.25) is 10.1 Å². The van der Waals surface area contributed by atoms with Crippen molar-refractivity contribution in [2.24, 2.45) is 0 Å². The van der Waals surface area contributed by atoms with Crippen molar-refractivity contribution < 1.29 is 19.9 Å². The predicted octanol–water partition coefficient (Wildman–Crippen LogP) is 2.02. The van der Waals surface area contributed by atoms with E-state index in [1.807, 2.05) is 0 Å². The Balaban J connectivity index is 2.50. The van der Waals surface area contributed by atoms with E-state index in [1.165, 1.54) is 12.1 Å². The first kappa shape index (κ1) is 15.4. The molecule has 0 radical (unpaired) electrons. The van der Waals surface area contributed by atoms with Crippen molar-refractivity contribution in [2.45, 2.75) is 32.3 Å². The average Bonchev–Trinajstić information content (AvgIpc) is 2.42. The van der Waals surface area contributed by atoms with Crippen molar-refractivity contribution in [2.75, 3.05) is 13.2 Å². The predicted molar refractivity (Wildman–Crippen MR) is 70.1 cm³/mol. The van der Waals surface area contributed by atoms with Crippen molar-refractivity contribution in [1.29, 1.82) is 0 Å². The zero-order valence-corrected chi connectivity index (χ0v) is 10.7. The fraction of sp³-hybridized carbons (Fsp3) is 0.538. The van der Waals surface area contributed by atoms with Gasteiger partial charge in [0, 0.05) is 12.7 Å². The standard InChI is InChI=1S/C13H19NO5/c15-7-3-1-2-4-8-19-13-6-5-11(10-16)9-12(13)14(17)18/h5-6,9,15-16H,1-4,7-8,10H2. The Kier molecular flexibility index (Phi) is 6.84. The van der Waals surface area contributed by atoms with Crippen molar-refractivity contribution >= 4 is 5.69 Å². The molecule has 1 rings (SSSR count). The van der Waals surface area contributed by atoms with Crippen LogP contribution in [0.15, 0.2) is 18.2 Å². The lowest BCUT2D eigenvalue weighted by Gasteiger charge is -2.07. The van der Waals surface area contributed by atoms with Gasteiger partial charge in [0.15, 0.2) is 5.75 Å². The van der Waals surface area contributed by atoms with Gasteiger partial charge in [0.1, 0.15) is 0 Å². The fourth-order valence-corrected chi connectivity index (χ4v) is 1.68. The van der Waals surface area contributed by atoms with Crippen LogP contribution in [-0.2, 0) is 6.61 Å². The molecule has 1 aromatic carbocycles. The highest BCUT2D eigenvalue weighted by atomic mass is 16.6. The molecule has 0 aliphatic heterocycles. The van der Waals surface area contributed by atoms with Crippen LogP contribution in [0.5, 0.6) is 5.75 Å². The van der Waals surface area contributed by atoms with E-state index in [-0.39, 0.29) is 24.7 Å². The van der Waals surface area contributed by atoms with Crippen LogP contribution in [0.3, 0.4) is 0 Å². The molecule has 6 heteroatoms. The summed E-state index contributed by atoms with van der Waals surface area (Å²) in [7, 11) is 0. The molecule has 0 amide bonds. The maximum atomic E-state index is 10.9. The van der Waals surface area contributed by atoms with Gasteiger partial charge in [0.25, 0.3) is 0 Å². The highest BCUT2D eigenvalue weighted by Crippen LogP contribution is 2.28. The molecule has 0 aromatic heterocycles. The molecule has 0 saturated heterocycles. The smallest absolute Gasteiger partial charge is 0.311 e. The van der Waals surface area contributed by atoms with E-state index in [2.05, 4.69) is 0 Å². The van der Waals surface area contributed by atoms with Gasteiger partial charge >= 0.3 is 5.69 Å². The number of nitro benzene ring substituents is 1. The third-order valence-electron chi connectivity index (χ3n) is 2.71. The topological polar surface area (TPSA) is 92.8 Å². The lowest BCUT2D eigenvalue weighted by atomic mass is 10.2. The number of aliphatic hydroxyl groups excluding tert-OH is 2. The summed E-state index contributed by atoms with van der Waals surface area (Å²) in [6.45, 7) is 0.363. The molecule has 0 saturated carbocycles. The highest BCUT2D eigenvalue weighted by Gasteiger charge is 2.15. The Bertz CT molecular complexity index is 408. The molecule has 19 heavy (non-hydrogen) atoms. The second-order valence-electron chi connectivity index (χ2n) is 4.20. The van der Waals surface area contributed by atoms with Gasteiger partial charge in [-0.05, 0) is 30.9 Å². The minimum absolute atomic E-state index is 0.123. The minimum Gasteiger partial charge on any atom is -0.487 e. The Morgan fingerprint density at radius 3 is 2.53 bits per heavy atom. The second-order valence-corrected chi connectivity index (χ2v) is 4.20. The lowest BCUT2D eigenvalue weighted by molar-refractivity contribution is -0.386. The third-order valence-corrected chi connectivity index (χ3v) is 2.71. The number of aliphatic hydroxyl groups is 2. The first-order valence-electron chi connectivity index (χ1n) is 6.31. The van der Waals surface area contributed by atoms with E-state index in [0.717, 1.165) is 25.7 Å². The number of nitro groups is 1. The number of unbranched alkanes of at least 4 members (excludes halogenated alkanes) is 3. The quantitative estimate of drug-likeness (QED) is 0.406. The van der Waals surface area contributed by atoms with Gasteiger partial charge in [-0.15, -0.1) is 0 Å². The van der Waals surface area contributed by atoms with Crippen LogP contribution in [0.4, 0.5) is 5.69 Å². The summed E-state index contributed by atoms with van der Waals surface area (Å²) in [6.07, 6.45) is 3.40. The average molecular weight is 269 g/mol. The molecule has 106 valence electrons. The number of ether oxygens (including phenoxy) is 1. The second kappa shape index (κ2) is 8.44. The summed E-state index contributed by atoms with van der Waals surface area (Å²) in [5.41, 5.74) is 0.365. The zero-order valence-electron chi connectivity index (χ0n) is 10.7. The molecule has 0 spiro atoms. The van der Waals surface area contributed by atoms with E-state index in [4.69, 9.17) is 14.9 Å². The molecule has 0 aliphatic carbocycles. The van der Waals surface area contributed by atoms with Crippen LogP contribution >= 0.6 is 0 Å². The molecule has 0 unspecified atom stereocenters. The summed E-state index contributed by atoms with van der Waals surface area (Å²) in [6, 6.07) is 4.44. The van der Waals surface area contributed by atoms with E-state index < -0.39 is 4.92 Å². The van der Waals surface area contributed by atoms with Crippen LogP contribution in [0.2, 0.25) is 0 Å². The van der Waals surface area contributed by atoms with Gasteiger partial charge in [-0.1, -0.05) is 12.5 Å². The van der Waals surface area contributed by atoms with Gasteiger partial charge in [-0.2, -0.15) is 0 Å². The van der Waals surface area contributed by atoms with Crippen LogP contribution in [0.1, 0.15) is 31.2 Å². The van der Waals surface area contributed by atoms with Crippen LogP contribution in [-0.4, -0.2) is 28.4 Å². The summed E-state index contributed by atoms with van der Waals surface area (Å²) in [4.78, 5) is 10.4. The Morgan fingerprint density at radius 2 is 1.89 bits per heavy atom. The van der Waals surface area contributed by atoms with E-state index >= 15 is 0 Å². The summed E-state index contributed by atoms with van der Waals surface area (Å²) >= 11 is 0. The summed E-state index contributed by atoms with van der Waals surface area (Å²) in [5.74, 6) is 0.226. The maximum Gasteiger partial charge on any atom is 0.311 e. The maximum absolute atomic E-state index is 10.9. The molecule has 2 N–H and O–H groups in total. The van der Waals surface area contributed by atoms with Gasteiger partial charge in [0.2, 0.25) is 0 Å². The fourth-order valence-electron chi connectivity index (χ4n) is 1.68. The van der Waals surface area contributed by atoms with Crippen LogP contribution < -0.4 is 4.74 Å². The molecule has 1 aromatic rings. The van der Waals surface area contributed by atoms with Crippen molar-refractivity contribution in [3.05, 3.63) is 33.9 Å². The number of rotatable bonds is 9. The molecule has 0 heterocycles. The third kappa shape index (κ3) is 5.23. The van der Waals surface area contributed by atoms with Crippen LogP contribution in [0, 0.1) is 10.1 Å². The van der Waals surface area contributed by atoms with Gasteiger partial charge in [-0.25, -0.2) is 0 Å². The SMILES string of the molecule is O=[N+]([O-])c1cc(CO)ccc1OCCCCCCO. The molecule has 0 aliphatic rings. The minimum atomic E-state index is -0.514. The summed E-state index contributed by atoms with van der Waals surface area (Å²) in [5, 5.41) is 28.4. The number of nitrogens with zero attached hydrogens (tertiary/aromatic N) is 1. The Hall–Kier alpha value is -1.66. The zero-order chi connectivity index (χ0) is 14.1. The number of benzene rings is 1.